The fourth-order valence-electron chi connectivity index (χ4n) is 2.23. The van der Waals surface area contributed by atoms with Crippen LogP contribution in [0.1, 0.15) is 31.2 Å². The van der Waals surface area contributed by atoms with Gasteiger partial charge < -0.3 is 15.2 Å². The fourth-order valence-corrected chi connectivity index (χ4v) is 2.23. The van der Waals surface area contributed by atoms with Crippen LogP contribution in [0.4, 0.5) is 0 Å². The van der Waals surface area contributed by atoms with Gasteiger partial charge in [-0.25, -0.2) is 0 Å². The Balaban J connectivity index is 1.80. The smallest absolute Gasteiger partial charge is 0.164 e. The lowest BCUT2D eigenvalue weighted by Crippen LogP contribution is -2.25. The molecule has 0 aromatic heterocycles. The number of benzene rings is 1. The van der Waals surface area contributed by atoms with E-state index in [1.807, 2.05) is 12.1 Å². The van der Waals surface area contributed by atoms with Gasteiger partial charge in [0.25, 0.3) is 0 Å². The molecule has 0 radical (unpaired) electrons. The largest absolute Gasteiger partial charge is 0.493 e. The minimum absolute atomic E-state index is 0.00402. The summed E-state index contributed by atoms with van der Waals surface area (Å²) in [6.07, 6.45) is 5.72. The zero-order valence-corrected chi connectivity index (χ0v) is 10.9. The van der Waals surface area contributed by atoms with E-state index in [9.17, 15) is 0 Å². The van der Waals surface area contributed by atoms with Crippen molar-refractivity contribution in [1.82, 2.24) is 0 Å². The van der Waals surface area contributed by atoms with Crippen LogP contribution >= 0.6 is 0 Å². The predicted octanol–water partition coefficient (Wildman–Crippen LogP) is 2.52. The van der Waals surface area contributed by atoms with Crippen LogP contribution in [-0.2, 0) is 6.42 Å². The summed E-state index contributed by atoms with van der Waals surface area (Å²) in [7, 11) is 1.69. The molecule has 98 valence electrons. The normalized spacial score (nSPS) is 20.6. The van der Waals surface area contributed by atoms with Crippen molar-refractivity contribution in [2.24, 2.45) is 11.7 Å². The molecule has 3 nitrogen and oxygen atoms in total. The van der Waals surface area contributed by atoms with Gasteiger partial charge in [-0.15, -0.1) is 0 Å². The molecule has 0 bridgehead atoms. The van der Waals surface area contributed by atoms with Gasteiger partial charge in [-0.2, -0.15) is 0 Å². The summed E-state index contributed by atoms with van der Waals surface area (Å²) < 4.78 is 11.4. The van der Waals surface area contributed by atoms with Crippen LogP contribution in [0.5, 0.6) is 11.5 Å². The summed E-state index contributed by atoms with van der Waals surface area (Å²) >= 11 is 0. The SMILES string of the molecule is COc1cccc(CC2(N)CC2)c1OCC1CC1. The van der Waals surface area contributed by atoms with Crippen LogP contribution in [0, 0.1) is 5.92 Å². The molecular weight excluding hydrogens is 226 g/mol. The molecule has 2 aliphatic rings. The highest BCUT2D eigenvalue weighted by molar-refractivity contribution is 5.47. The van der Waals surface area contributed by atoms with E-state index in [0.717, 1.165) is 43.3 Å². The van der Waals surface area contributed by atoms with E-state index < -0.39 is 0 Å². The van der Waals surface area contributed by atoms with Gasteiger partial charge in [-0.05, 0) is 49.7 Å². The molecule has 0 saturated heterocycles. The van der Waals surface area contributed by atoms with Crippen molar-refractivity contribution >= 4 is 0 Å². The number of nitrogens with two attached hydrogens (primary N) is 1. The van der Waals surface area contributed by atoms with Crippen LogP contribution in [-0.4, -0.2) is 19.3 Å². The Morgan fingerprint density at radius 3 is 2.72 bits per heavy atom. The molecule has 0 atom stereocenters. The van der Waals surface area contributed by atoms with Gasteiger partial charge in [0.1, 0.15) is 0 Å². The van der Waals surface area contributed by atoms with Crippen LogP contribution < -0.4 is 15.2 Å². The Hall–Kier alpha value is -1.22. The van der Waals surface area contributed by atoms with E-state index in [2.05, 4.69) is 6.07 Å². The molecule has 0 unspecified atom stereocenters. The Morgan fingerprint density at radius 1 is 1.33 bits per heavy atom. The summed E-state index contributed by atoms with van der Waals surface area (Å²) in [5.74, 6) is 2.48. The first kappa shape index (κ1) is 11.8. The monoisotopic (exact) mass is 247 g/mol. The van der Waals surface area contributed by atoms with Gasteiger partial charge in [0.2, 0.25) is 0 Å². The Bertz CT molecular complexity index is 436. The zero-order chi connectivity index (χ0) is 12.6. The molecular formula is C15H21NO2. The van der Waals surface area contributed by atoms with Gasteiger partial charge in [-0.1, -0.05) is 12.1 Å². The van der Waals surface area contributed by atoms with Gasteiger partial charge in [-0.3, -0.25) is 0 Å². The molecule has 2 saturated carbocycles. The average molecular weight is 247 g/mol. The quantitative estimate of drug-likeness (QED) is 0.840. The van der Waals surface area contributed by atoms with Crippen molar-refractivity contribution in [3.05, 3.63) is 23.8 Å². The van der Waals surface area contributed by atoms with Crippen molar-refractivity contribution < 1.29 is 9.47 Å². The first-order chi connectivity index (χ1) is 8.70. The van der Waals surface area contributed by atoms with Crippen molar-refractivity contribution in [2.45, 2.75) is 37.6 Å². The van der Waals surface area contributed by atoms with Crippen molar-refractivity contribution in [1.29, 1.82) is 0 Å². The van der Waals surface area contributed by atoms with Crippen LogP contribution in [0.25, 0.3) is 0 Å². The topological polar surface area (TPSA) is 44.5 Å². The summed E-state index contributed by atoms with van der Waals surface area (Å²) in [6, 6.07) is 6.09. The minimum atomic E-state index is 0.00402. The molecule has 0 aliphatic heterocycles. The number of para-hydroxylation sites is 1. The first-order valence-corrected chi connectivity index (χ1v) is 6.78. The number of hydrogen-bond donors (Lipinski definition) is 1. The van der Waals surface area contributed by atoms with E-state index in [4.69, 9.17) is 15.2 Å². The number of methoxy groups -OCH3 is 1. The van der Waals surface area contributed by atoms with E-state index >= 15 is 0 Å². The number of ether oxygens (including phenoxy) is 2. The maximum atomic E-state index is 6.21. The molecule has 3 rings (SSSR count). The molecule has 1 aromatic carbocycles. The molecule has 0 spiro atoms. The first-order valence-electron chi connectivity index (χ1n) is 6.78. The lowest BCUT2D eigenvalue weighted by molar-refractivity contribution is 0.277. The second-order valence-corrected chi connectivity index (χ2v) is 5.74. The molecule has 1 aromatic rings. The van der Waals surface area contributed by atoms with E-state index in [-0.39, 0.29) is 5.54 Å². The molecule has 0 amide bonds. The van der Waals surface area contributed by atoms with Gasteiger partial charge in [0, 0.05) is 5.54 Å². The van der Waals surface area contributed by atoms with Crippen LogP contribution in [0.15, 0.2) is 18.2 Å². The predicted molar refractivity (Wildman–Crippen MR) is 71.1 cm³/mol. The average Bonchev–Trinajstić information content (AvgIpc) is 3.26. The molecule has 0 heterocycles. The molecule has 3 heteroatoms. The lowest BCUT2D eigenvalue weighted by atomic mass is 10.0. The van der Waals surface area contributed by atoms with Crippen molar-refractivity contribution in [3.63, 3.8) is 0 Å². The van der Waals surface area contributed by atoms with Crippen LogP contribution in [0.2, 0.25) is 0 Å². The summed E-state index contributed by atoms with van der Waals surface area (Å²) in [5, 5.41) is 0. The van der Waals surface area contributed by atoms with E-state index in [1.54, 1.807) is 7.11 Å². The number of rotatable bonds is 6. The van der Waals surface area contributed by atoms with Crippen molar-refractivity contribution in [3.8, 4) is 11.5 Å². The number of hydrogen-bond acceptors (Lipinski definition) is 3. The van der Waals surface area contributed by atoms with Crippen molar-refractivity contribution in [2.75, 3.05) is 13.7 Å². The molecule has 2 aliphatic carbocycles. The summed E-state index contributed by atoms with van der Waals surface area (Å²) in [6.45, 7) is 0.810. The highest BCUT2D eigenvalue weighted by Gasteiger charge is 2.39. The minimum Gasteiger partial charge on any atom is -0.493 e. The zero-order valence-electron chi connectivity index (χ0n) is 10.9. The third-order valence-electron chi connectivity index (χ3n) is 3.88. The summed E-state index contributed by atoms with van der Waals surface area (Å²) in [4.78, 5) is 0. The molecule has 2 N–H and O–H groups in total. The third kappa shape index (κ3) is 2.61. The lowest BCUT2D eigenvalue weighted by Gasteiger charge is -2.17. The van der Waals surface area contributed by atoms with Gasteiger partial charge in [0.15, 0.2) is 11.5 Å². The Labute approximate surface area is 108 Å². The fraction of sp³-hybridized carbons (Fsp3) is 0.600. The molecule has 2 fully saturated rings. The standard InChI is InChI=1S/C15H21NO2/c1-17-13-4-2-3-12(9-15(16)7-8-15)14(13)18-10-11-5-6-11/h2-4,11H,5-10,16H2,1H3. The second kappa shape index (κ2) is 4.47. The van der Waals surface area contributed by atoms with E-state index in [1.165, 1.54) is 18.4 Å². The maximum absolute atomic E-state index is 6.21. The van der Waals surface area contributed by atoms with Crippen LogP contribution in [0.3, 0.4) is 0 Å². The maximum Gasteiger partial charge on any atom is 0.164 e. The van der Waals surface area contributed by atoms with E-state index in [0.29, 0.717) is 0 Å². The van der Waals surface area contributed by atoms with Gasteiger partial charge >= 0.3 is 0 Å². The highest BCUT2D eigenvalue weighted by Crippen LogP contribution is 2.41. The highest BCUT2D eigenvalue weighted by atomic mass is 16.5. The van der Waals surface area contributed by atoms with Gasteiger partial charge in [0.05, 0.1) is 13.7 Å². The Morgan fingerprint density at radius 2 is 2.11 bits per heavy atom. The summed E-state index contributed by atoms with van der Waals surface area (Å²) in [5.41, 5.74) is 7.40. The third-order valence-corrected chi connectivity index (χ3v) is 3.88. The molecule has 18 heavy (non-hydrogen) atoms. The second-order valence-electron chi connectivity index (χ2n) is 5.74. The Kier molecular flexibility index (Phi) is 2.94.